The van der Waals surface area contributed by atoms with Gasteiger partial charge in [-0.25, -0.2) is 0 Å². The Hall–Kier alpha value is -4.95. The minimum atomic E-state index is -0.0514. The summed E-state index contributed by atoms with van der Waals surface area (Å²) >= 11 is 0. The molecule has 0 radical (unpaired) electrons. The average Bonchev–Trinajstić information content (AvgIpc) is 3.57. The lowest BCUT2D eigenvalue weighted by molar-refractivity contribution is -0.762. The molecule has 0 N–H and O–H groups in total. The zero-order valence-electron chi connectivity index (χ0n) is 28.7. The van der Waals surface area contributed by atoms with Crippen LogP contribution in [0.25, 0.3) is 61.0 Å². The number of rotatable bonds is 5. The van der Waals surface area contributed by atoms with Crippen LogP contribution in [-0.2, 0) is 11.0 Å². The quantitative estimate of drug-likeness (QED) is 0.169. The molecule has 2 aliphatic rings. The molecule has 0 bridgehead atoms. The van der Waals surface area contributed by atoms with Gasteiger partial charge in [0, 0.05) is 52.8 Å². The predicted octanol–water partition coefficient (Wildman–Crippen LogP) is 11.7. The zero-order valence-corrected chi connectivity index (χ0v) is 28.7. The SMILES string of the molecule is CCC1c2ccc(-c3ccc4c(c3)c3cc5c(cc3n4-c3ccccc3)C(C)(C)c3ccccc3-5)cc2-c2cccc[n+]2C1(CC)CC. The molecule has 0 spiro atoms. The zero-order chi connectivity index (χ0) is 32.8. The lowest BCUT2D eigenvalue weighted by atomic mass is 9.69. The third kappa shape index (κ3) is 3.83. The Bertz CT molecular complexity index is 2390. The summed E-state index contributed by atoms with van der Waals surface area (Å²) in [5.74, 6) is 0.483. The van der Waals surface area contributed by atoms with Crippen LogP contribution in [-0.4, -0.2) is 4.57 Å². The highest BCUT2D eigenvalue weighted by atomic mass is 15.1. The van der Waals surface area contributed by atoms with E-state index in [2.05, 4.69) is 171 Å². The van der Waals surface area contributed by atoms with Crippen LogP contribution >= 0.6 is 0 Å². The predicted molar refractivity (Wildman–Crippen MR) is 201 cm³/mol. The number of hydrogen-bond acceptors (Lipinski definition) is 0. The molecule has 1 aliphatic heterocycles. The summed E-state index contributed by atoms with van der Waals surface area (Å²) in [7, 11) is 0. The molecular formula is C46H43N2+. The van der Waals surface area contributed by atoms with Crippen molar-refractivity contribution < 1.29 is 4.57 Å². The Kier molecular flexibility index (Phi) is 6.40. The molecule has 2 heteroatoms. The van der Waals surface area contributed by atoms with Crippen molar-refractivity contribution in [2.45, 2.75) is 70.8 Å². The molecule has 5 aromatic carbocycles. The normalized spacial score (nSPS) is 16.8. The van der Waals surface area contributed by atoms with Crippen molar-refractivity contribution in [2.24, 2.45) is 0 Å². The van der Waals surface area contributed by atoms with Crippen molar-refractivity contribution in [3.05, 3.63) is 144 Å². The molecule has 0 amide bonds. The maximum atomic E-state index is 2.60. The molecule has 1 atom stereocenters. The van der Waals surface area contributed by atoms with E-state index in [1.54, 1.807) is 0 Å². The third-order valence-corrected chi connectivity index (χ3v) is 12.1. The first kappa shape index (κ1) is 29.2. The highest BCUT2D eigenvalue weighted by Gasteiger charge is 2.50. The monoisotopic (exact) mass is 623 g/mol. The molecule has 2 aromatic heterocycles. The van der Waals surface area contributed by atoms with Gasteiger partial charge in [-0.05, 0) is 93.9 Å². The molecule has 236 valence electrons. The number of aromatic nitrogens is 2. The van der Waals surface area contributed by atoms with E-state index in [1.165, 1.54) is 77.7 Å². The minimum Gasteiger partial charge on any atom is -0.309 e. The van der Waals surface area contributed by atoms with Crippen molar-refractivity contribution in [1.82, 2.24) is 4.57 Å². The molecule has 7 aromatic rings. The molecule has 2 nitrogen and oxygen atoms in total. The minimum absolute atomic E-state index is 0.0514. The van der Waals surface area contributed by atoms with Gasteiger partial charge in [0.1, 0.15) is 0 Å². The molecule has 9 rings (SSSR count). The fourth-order valence-corrected chi connectivity index (χ4v) is 9.70. The van der Waals surface area contributed by atoms with Crippen LogP contribution in [0.5, 0.6) is 0 Å². The number of pyridine rings is 1. The van der Waals surface area contributed by atoms with Crippen LogP contribution < -0.4 is 4.57 Å². The first-order valence-electron chi connectivity index (χ1n) is 17.8. The summed E-state index contributed by atoms with van der Waals surface area (Å²) in [6, 6.07) is 45.9. The first-order chi connectivity index (χ1) is 23.4. The van der Waals surface area contributed by atoms with Gasteiger partial charge < -0.3 is 4.57 Å². The summed E-state index contributed by atoms with van der Waals surface area (Å²) in [5, 5.41) is 2.61. The maximum absolute atomic E-state index is 2.60. The van der Waals surface area contributed by atoms with Gasteiger partial charge in [-0.15, -0.1) is 0 Å². The van der Waals surface area contributed by atoms with E-state index in [4.69, 9.17) is 0 Å². The van der Waals surface area contributed by atoms with E-state index in [1.807, 2.05) is 0 Å². The van der Waals surface area contributed by atoms with Gasteiger partial charge in [0.05, 0.1) is 16.6 Å². The number of fused-ring (bicyclic) bond motifs is 9. The smallest absolute Gasteiger partial charge is 0.213 e. The average molecular weight is 624 g/mol. The summed E-state index contributed by atoms with van der Waals surface area (Å²) in [6.07, 6.45) is 5.70. The molecule has 0 saturated heterocycles. The van der Waals surface area contributed by atoms with Crippen molar-refractivity contribution in [1.29, 1.82) is 0 Å². The van der Waals surface area contributed by atoms with Crippen LogP contribution in [0, 0.1) is 0 Å². The standard InChI is InChI=1S/C46H43N2/c1-6-39-34-23-21-30(26-36(34)42-20-14-15-25-47(42)46(39,7-2)8-3)31-22-24-43-37(27-31)38-28-35-33-18-12-13-19-40(33)45(4,5)41(35)29-44(38)48(43)32-16-10-9-11-17-32/h9-29,39H,6-8H2,1-5H3/q+1. The van der Waals surface area contributed by atoms with Gasteiger partial charge in [0.15, 0.2) is 11.7 Å². The second-order valence-electron chi connectivity index (χ2n) is 14.5. The van der Waals surface area contributed by atoms with E-state index in [9.17, 15) is 0 Å². The Morgan fingerprint density at radius 1 is 0.604 bits per heavy atom. The van der Waals surface area contributed by atoms with E-state index < -0.39 is 0 Å². The molecule has 0 saturated carbocycles. The molecule has 1 aliphatic carbocycles. The molecular weight excluding hydrogens is 581 g/mol. The summed E-state index contributed by atoms with van der Waals surface area (Å²) in [6.45, 7) is 11.8. The van der Waals surface area contributed by atoms with Crippen molar-refractivity contribution in [3.8, 4) is 39.2 Å². The third-order valence-electron chi connectivity index (χ3n) is 12.1. The van der Waals surface area contributed by atoms with E-state index in [0.717, 1.165) is 19.3 Å². The number of nitrogens with zero attached hydrogens (tertiary/aromatic N) is 2. The van der Waals surface area contributed by atoms with Crippen LogP contribution in [0.2, 0.25) is 0 Å². The lowest BCUT2D eigenvalue weighted by Crippen LogP contribution is -2.62. The van der Waals surface area contributed by atoms with Gasteiger partial charge >= 0.3 is 0 Å². The fourth-order valence-electron chi connectivity index (χ4n) is 9.70. The van der Waals surface area contributed by atoms with Crippen LogP contribution in [0.4, 0.5) is 0 Å². The van der Waals surface area contributed by atoms with Crippen LogP contribution in [0.1, 0.15) is 76.5 Å². The van der Waals surface area contributed by atoms with E-state index in [0.29, 0.717) is 5.92 Å². The Balaban J connectivity index is 1.28. The highest BCUT2D eigenvalue weighted by molar-refractivity contribution is 6.12. The van der Waals surface area contributed by atoms with Crippen LogP contribution in [0.3, 0.4) is 0 Å². The van der Waals surface area contributed by atoms with E-state index >= 15 is 0 Å². The largest absolute Gasteiger partial charge is 0.309 e. The van der Waals surface area contributed by atoms with Gasteiger partial charge in [-0.1, -0.05) is 95.3 Å². The van der Waals surface area contributed by atoms with Gasteiger partial charge in [-0.2, -0.15) is 4.57 Å². The number of benzene rings is 5. The fraction of sp³-hybridized carbons (Fsp3) is 0.239. The first-order valence-corrected chi connectivity index (χ1v) is 17.8. The van der Waals surface area contributed by atoms with Gasteiger partial charge in [0.2, 0.25) is 5.69 Å². The second-order valence-corrected chi connectivity index (χ2v) is 14.5. The summed E-state index contributed by atoms with van der Waals surface area (Å²) < 4.78 is 5.07. The molecule has 3 heterocycles. The Labute approximate surface area is 284 Å². The number of hydrogen-bond donors (Lipinski definition) is 0. The van der Waals surface area contributed by atoms with Gasteiger partial charge in [-0.3, -0.25) is 0 Å². The Morgan fingerprint density at radius 2 is 1.31 bits per heavy atom. The maximum Gasteiger partial charge on any atom is 0.213 e. The topological polar surface area (TPSA) is 8.81 Å². The number of para-hydroxylation sites is 1. The molecule has 1 unspecified atom stereocenters. The lowest BCUT2D eigenvalue weighted by Gasteiger charge is -2.39. The summed E-state index contributed by atoms with van der Waals surface area (Å²) in [4.78, 5) is 0. The van der Waals surface area contributed by atoms with Crippen molar-refractivity contribution >= 4 is 21.8 Å². The molecule has 48 heavy (non-hydrogen) atoms. The second kappa shape index (κ2) is 10.5. The Morgan fingerprint density at radius 3 is 2.10 bits per heavy atom. The van der Waals surface area contributed by atoms with Crippen LogP contribution in [0.15, 0.2) is 128 Å². The highest BCUT2D eigenvalue weighted by Crippen LogP contribution is 2.52. The van der Waals surface area contributed by atoms with E-state index in [-0.39, 0.29) is 11.0 Å². The van der Waals surface area contributed by atoms with Gasteiger partial charge in [0.25, 0.3) is 0 Å². The summed E-state index contributed by atoms with van der Waals surface area (Å²) in [5.41, 5.74) is 16.0. The molecule has 0 fully saturated rings. The van der Waals surface area contributed by atoms with Crippen molar-refractivity contribution in [2.75, 3.05) is 0 Å². The van der Waals surface area contributed by atoms with Crippen molar-refractivity contribution in [3.63, 3.8) is 0 Å².